The maximum Gasteiger partial charge on any atom is 0.418 e. The molecule has 1 aromatic carbocycles. The molecule has 0 radical (unpaired) electrons. The lowest BCUT2D eigenvalue weighted by Gasteiger charge is -2.05. The minimum absolute atomic E-state index is 0.348. The lowest BCUT2D eigenvalue weighted by atomic mass is 10.2. The third-order valence-electron chi connectivity index (χ3n) is 2.74. The molecule has 0 N–H and O–H groups in total. The summed E-state index contributed by atoms with van der Waals surface area (Å²) >= 11 is 3.41. The first kappa shape index (κ1) is 11.2. The van der Waals surface area contributed by atoms with Gasteiger partial charge in [-0.1, -0.05) is 34.1 Å². The Morgan fingerprint density at radius 2 is 2.12 bits per heavy atom. The maximum atomic E-state index is 11.7. The second kappa shape index (κ2) is 4.29. The summed E-state index contributed by atoms with van der Waals surface area (Å²) in [5.74, 6) is 0. The molecule has 0 fully saturated rings. The van der Waals surface area contributed by atoms with Gasteiger partial charge in [0.15, 0.2) is 0 Å². The van der Waals surface area contributed by atoms with Gasteiger partial charge in [-0.3, -0.25) is 0 Å². The number of alkyl halides is 1. The van der Waals surface area contributed by atoms with Crippen LogP contribution in [0.25, 0.3) is 10.9 Å². The summed E-state index contributed by atoms with van der Waals surface area (Å²) in [7, 11) is 1.39. The Kier molecular flexibility index (Phi) is 3.01. The van der Waals surface area contributed by atoms with Crippen LogP contribution in [0.4, 0.5) is 4.79 Å². The largest absolute Gasteiger partial charge is 0.452 e. The molecule has 0 spiro atoms. The SMILES string of the molecule is COC(=O)n1c(CBr)c(C)c2ccccc21. The van der Waals surface area contributed by atoms with Crippen molar-refractivity contribution in [2.24, 2.45) is 0 Å². The van der Waals surface area contributed by atoms with Gasteiger partial charge >= 0.3 is 6.09 Å². The minimum atomic E-state index is -0.348. The van der Waals surface area contributed by atoms with E-state index < -0.39 is 0 Å². The Morgan fingerprint density at radius 1 is 1.44 bits per heavy atom. The third-order valence-corrected chi connectivity index (χ3v) is 3.27. The van der Waals surface area contributed by atoms with Crippen LogP contribution >= 0.6 is 15.9 Å². The molecule has 4 heteroatoms. The van der Waals surface area contributed by atoms with E-state index in [1.54, 1.807) is 4.57 Å². The molecule has 0 amide bonds. The first-order valence-corrected chi connectivity index (χ1v) is 6.06. The van der Waals surface area contributed by atoms with Gasteiger partial charge in [0, 0.05) is 16.4 Å². The van der Waals surface area contributed by atoms with Crippen LogP contribution in [0, 0.1) is 6.92 Å². The van der Waals surface area contributed by atoms with Gasteiger partial charge in [-0.05, 0) is 18.6 Å². The van der Waals surface area contributed by atoms with Crippen LogP contribution < -0.4 is 0 Å². The Morgan fingerprint density at radius 3 is 2.75 bits per heavy atom. The Balaban J connectivity index is 2.83. The molecule has 0 aliphatic rings. The Labute approximate surface area is 102 Å². The van der Waals surface area contributed by atoms with Crippen molar-refractivity contribution >= 4 is 32.9 Å². The van der Waals surface area contributed by atoms with E-state index >= 15 is 0 Å². The number of methoxy groups -OCH3 is 1. The molecule has 0 saturated carbocycles. The number of hydrogen-bond donors (Lipinski definition) is 0. The first-order valence-electron chi connectivity index (χ1n) is 4.94. The van der Waals surface area contributed by atoms with E-state index in [0.29, 0.717) is 5.33 Å². The van der Waals surface area contributed by atoms with Gasteiger partial charge in [0.05, 0.1) is 12.6 Å². The molecule has 84 valence electrons. The fourth-order valence-electron chi connectivity index (χ4n) is 1.91. The van der Waals surface area contributed by atoms with Gasteiger partial charge in [-0.15, -0.1) is 0 Å². The number of aryl methyl sites for hydroxylation is 1. The molecule has 0 aliphatic heterocycles. The summed E-state index contributed by atoms with van der Waals surface area (Å²) in [5, 5.41) is 1.71. The fraction of sp³-hybridized carbons (Fsp3) is 0.250. The molecule has 1 heterocycles. The molecule has 0 saturated heterocycles. The number of halogens is 1. The third kappa shape index (κ3) is 1.53. The van der Waals surface area contributed by atoms with Crippen LogP contribution in [-0.4, -0.2) is 17.8 Å². The normalized spacial score (nSPS) is 10.7. The van der Waals surface area contributed by atoms with E-state index in [-0.39, 0.29) is 6.09 Å². The molecule has 0 atom stereocenters. The summed E-state index contributed by atoms with van der Waals surface area (Å²) < 4.78 is 6.41. The van der Waals surface area contributed by atoms with Gasteiger partial charge in [0.1, 0.15) is 0 Å². The topological polar surface area (TPSA) is 31.2 Å². The van der Waals surface area contributed by atoms with Gasteiger partial charge < -0.3 is 4.74 Å². The molecule has 2 rings (SSSR count). The van der Waals surface area contributed by atoms with E-state index in [4.69, 9.17) is 4.74 Å². The highest BCUT2D eigenvalue weighted by molar-refractivity contribution is 9.08. The molecule has 0 aliphatic carbocycles. The maximum absolute atomic E-state index is 11.7. The molecule has 3 nitrogen and oxygen atoms in total. The monoisotopic (exact) mass is 281 g/mol. The number of para-hydroxylation sites is 1. The standard InChI is InChI=1S/C12H12BrNO2/c1-8-9-5-3-4-6-10(9)14(11(8)7-13)12(15)16-2/h3-6H,7H2,1-2H3. The Hall–Kier alpha value is -1.29. The lowest BCUT2D eigenvalue weighted by Crippen LogP contribution is -2.13. The Bertz CT molecular complexity index is 545. The zero-order valence-electron chi connectivity index (χ0n) is 9.16. The van der Waals surface area contributed by atoms with Crippen molar-refractivity contribution in [3.63, 3.8) is 0 Å². The molecule has 1 aromatic heterocycles. The van der Waals surface area contributed by atoms with Crippen LogP contribution in [0.15, 0.2) is 24.3 Å². The van der Waals surface area contributed by atoms with E-state index in [1.807, 2.05) is 31.2 Å². The van der Waals surface area contributed by atoms with E-state index in [9.17, 15) is 4.79 Å². The van der Waals surface area contributed by atoms with Crippen LogP contribution in [0.2, 0.25) is 0 Å². The number of hydrogen-bond acceptors (Lipinski definition) is 2. The number of nitrogens with zero attached hydrogens (tertiary/aromatic N) is 1. The molecular weight excluding hydrogens is 270 g/mol. The quantitative estimate of drug-likeness (QED) is 0.750. The second-order valence-corrected chi connectivity index (χ2v) is 4.09. The number of aromatic nitrogens is 1. The zero-order chi connectivity index (χ0) is 11.7. The fourth-order valence-corrected chi connectivity index (χ4v) is 2.59. The number of rotatable bonds is 1. The summed E-state index contributed by atoms with van der Waals surface area (Å²) in [5.41, 5.74) is 2.94. The van der Waals surface area contributed by atoms with Crippen molar-refractivity contribution in [1.29, 1.82) is 0 Å². The molecular formula is C12H12BrNO2. The summed E-state index contributed by atoms with van der Waals surface area (Å²) in [6, 6.07) is 7.82. The van der Waals surface area contributed by atoms with Crippen molar-refractivity contribution in [3.8, 4) is 0 Å². The first-order chi connectivity index (χ1) is 7.70. The van der Waals surface area contributed by atoms with Gasteiger partial charge in [-0.25, -0.2) is 9.36 Å². The average molecular weight is 282 g/mol. The van der Waals surface area contributed by atoms with E-state index in [0.717, 1.165) is 22.2 Å². The van der Waals surface area contributed by atoms with Crippen molar-refractivity contribution in [2.75, 3.05) is 7.11 Å². The number of fused-ring (bicyclic) bond motifs is 1. The zero-order valence-corrected chi connectivity index (χ0v) is 10.7. The van der Waals surface area contributed by atoms with Gasteiger partial charge in [0.25, 0.3) is 0 Å². The highest BCUT2D eigenvalue weighted by Crippen LogP contribution is 2.27. The predicted octanol–water partition coefficient (Wildman–Crippen LogP) is 3.46. The minimum Gasteiger partial charge on any atom is -0.452 e. The molecule has 16 heavy (non-hydrogen) atoms. The van der Waals surface area contributed by atoms with Crippen molar-refractivity contribution in [2.45, 2.75) is 12.3 Å². The van der Waals surface area contributed by atoms with Crippen LogP contribution in [0.1, 0.15) is 11.3 Å². The van der Waals surface area contributed by atoms with Crippen LogP contribution in [0.3, 0.4) is 0 Å². The molecule has 0 bridgehead atoms. The van der Waals surface area contributed by atoms with E-state index in [1.165, 1.54) is 7.11 Å². The highest BCUT2D eigenvalue weighted by atomic mass is 79.9. The number of carbonyl (C=O) groups excluding carboxylic acids is 1. The van der Waals surface area contributed by atoms with E-state index in [2.05, 4.69) is 15.9 Å². The highest BCUT2D eigenvalue weighted by Gasteiger charge is 2.17. The van der Waals surface area contributed by atoms with Crippen molar-refractivity contribution in [3.05, 3.63) is 35.5 Å². The predicted molar refractivity (Wildman–Crippen MR) is 67.1 cm³/mol. The number of carbonyl (C=O) groups is 1. The summed E-state index contributed by atoms with van der Waals surface area (Å²) in [4.78, 5) is 11.7. The van der Waals surface area contributed by atoms with Gasteiger partial charge in [-0.2, -0.15) is 0 Å². The summed E-state index contributed by atoms with van der Waals surface area (Å²) in [6.45, 7) is 2.01. The number of benzene rings is 1. The smallest absolute Gasteiger partial charge is 0.418 e. The lowest BCUT2D eigenvalue weighted by molar-refractivity contribution is 0.173. The van der Waals surface area contributed by atoms with Crippen molar-refractivity contribution < 1.29 is 9.53 Å². The van der Waals surface area contributed by atoms with Crippen LogP contribution in [0.5, 0.6) is 0 Å². The van der Waals surface area contributed by atoms with Crippen molar-refractivity contribution in [1.82, 2.24) is 4.57 Å². The average Bonchev–Trinajstić information content (AvgIpc) is 2.62. The van der Waals surface area contributed by atoms with Crippen LogP contribution in [-0.2, 0) is 10.1 Å². The second-order valence-electron chi connectivity index (χ2n) is 3.53. The number of ether oxygens (including phenoxy) is 1. The van der Waals surface area contributed by atoms with Gasteiger partial charge in [0.2, 0.25) is 0 Å². The molecule has 2 aromatic rings. The summed E-state index contributed by atoms with van der Waals surface area (Å²) in [6.07, 6.45) is -0.348. The molecule has 0 unspecified atom stereocenters.